The van der Waals surface area contributed by atoms with E-state index in [1.54, 1.807) is 11.8 Å². The average Bonchev–Trinajstić information content (AvgIpc) is 2.38. The number of benzene rings is 1. The van der Waals surface area contributed by atoms with Crippen molar-refractivity contribution in [2.24, 2.45) is 0 Å². The van der Waals surface area contributed by atoms with Crippen molar-refractivity contribution in [3.8, 4) is 11.5 Å². The molecule has 4 nitrogen and oxygen atoms in total. The highest BCUT2D eigenvalue weighted by Gasteiger charge is 2.15. The van der Waals surface area contributed by atoms with Crippen LogP contribution in [0, 0.1) is 0 Å². The molecule has 0 amide bonds. The SMILES string of the molecule is CCONCc1cc2c(cc1SC)OCCO2. The maximum atomic E-state index is 5.57. The van der Waals surface area contributed by atoms with Gasteiger partial charge in [-0.1, -0.05) is 0 Å². The van der Waals surface area contributed by atoms with Crippen molar-refractivity contribution < 1.29 is 14.3 Å². The Kier molecular flexibility index (Phi) is 4.53. The largest absolute Gasteiger partial charge is 0.486 e. The molecule has 0 bridgehead atoms. The number of rotatable bonds is 5. The molecule has 0 saturated carbocycles. The van der Waals surface area contributed by atoms with Gasteiger partial charge in [0.2, 0.25) is 0 Å². The van der Waals surface area contributed by atoms with Crippen LogP contribution in [0.3, 0.4) is 0 Å². The fourth-order valence-corrected chi connectivity index (χ4v) is 2.29. The van der Waals surface area contributed by atoms with Gasteiger partial charge in [0.05, 0.1) is 6.61 Å². The Morgan fingerprint density at radius 2 is 2.00 bits per heavy atom. The fourth-order valence-electron chi connectivity index (χ4n) is 1.67. The smallest absolute Gasteiger partial charge is 0.162 e. The lowest BCUT2D eigenvalue weighted by Crippen LogP contribution is -2.17. The Balaban J connectivity index is 2.17. The van der Waals surface area contributed by atoms with Gasteiger partial charge in [-0.25, -0.2) is 0 Å². The highest BCUT2D eigenvalue weighted by molar-refractivity contribution is 7.98. The lowest BCUT2D eigenvalue weighted by molar-refractivity contribution is 0.0458. The summed E-state index contributed by atoms with van der Waals surface area (Å²) >= 11 is 1.70. The van der Waals surface area contributed by atoms with Gasteiger partial charge in [0.25, 0.3) is 0 Å². The Bertz CT molecular complexity index is 384. The molecule has 0 unspecified atom stereocenters. The number of fused-ring (bicyclic) bond motifs is 1. The molecule has 1 aromatic rings. The molecule has 0 spiro atoms. The van der Waals surface area contributed by atoms with E-state index in [0.717, 1.165) is 17.1 Å². The summed E-state index contributed by atoms with van der Waals surface area (Å²) in [5.74, 6) is 1.66. The normalized spacial score (nSPS) is 13.8. The van der Waals surface area contributed by atoms with Crippen molar-refractivity contribution in [3.63, 3.8) is 0 Å². The third-order valence-electron chi connectivity index (χ3n) is 2.45. The Morgan fingerprint density at radius 3 is 2.65 bits per heavy atom. The van der Waals surface area contributed by atoms with E-state index in [1.807, 2.05) is 19.1 Å². The molecular formula is C12H17NO3S. The summed E-state index contributed by atoms with van der Waals surface area (Å²) in [7, 11) is 0. The zero-order chi connectivity index (χ0) is 12.1. The van der Waals surface area contributed by atoms with Crippen LogP contribution in [0.25, 0.3) is 0 Å². The Labute approximate surface area is 106 Å². The van der Waals surface area contributed by atoms with E-state index >= 15 is 0 Å². The van der Waals surface area contributed by atoms with Crippen molar-refractivity contribution in [3.05, 3.63) is 17.7 Å². The summed E-state index contributed by atoms with van der Waals surface area (Å²) in [6, 6.07) is 4.05. The maximum Gasteiger partial charge on any atom is 0.162 e. The molecule has 17 heavy (non-hydrogen) atoms. The van der Waals surface area contributed by atoms with Crippen molar-refractivity contribution in [1.82, 2.24) is 5.48 Å². The third kappa shape index (κ3) is 3.06. The Hall–Kier alpha value is -0.910. The standard InChI is InChI=1S/C12H17NO3S/c1-3-16-13-8-9-6-10-11(7-12(9)17-2)15-5-4-14-10/h6-7,13H,3-5,8H2,1-2H3. The van der Waals surface area contributed by atoms with Gasteiger partial charge in [-0.05, 0) is 30.9 Å². The second-order valence-electron chi connectivity index (χ2n) is 3.56. The topological polar surface area (TPSA) is 39.7 Å². The van der Waals surface area contributed by atoms with Crippen LogP contribution in [0.5, 0.6) is 11.5 Å². The zero-order valence-corrected chi connectivity index (χ0v) is 10.9. The van der Waals surface area contributed by atoms with Crippen LogP contribution in [-0.2, 0) is 11.4 Å². The summed E-state index contributed by atoms with van der Waals surface area (Å²) in [4.78, 5) is 6.33. The number of ether oxygens (including phenoxy) is 2. The molecule has 1 N–H and O–H groups in total. The fraction of sp³-hybridized carbons (Fsp3) is 0.500. The van der Waals surface area contributed by atoms with E-state index < -0.39 is 0 Å². The summed E-state index contributed by atoms with van der Waals surface area (Å²) in [5.41, 5.74) is 4.09. The van der Waals surface area contributed by atoms with Gasteiger partial charge in [-0.15, -0.1) is 11.8 Å². The molecule has 1 heterocycles. The van der Waals surface area contributed by atoms with Crippen molar-refractivity contribution in [2.75, 3.05) is 26.1 Å². The van der Waals surface area contributed by atoms with Crippen LogP contribution in [0.2, 0.25) is 0 Å². The van der Waals surface area contributed by atoms with Crippen LogP contribution in [-0.4, -0.2) is 26.1 Å². The number of hydrogen-bond acceptors (Lipinski definition) is 5. The molecule has 0 atom stereocenters. The number of thioether (sulfide) groups is 1. The molecular weight excluding hydrogens is 238 g/mol. The maximum absolute atomic E-state index is 5.57. The van der Waals surface area contributed by atoms with Gasteiger partial charge < -0.3 is 14.3 Å². The first-order valence-corrected chi connectivity index (χ1v) is 6.88. The van der Waals surface area contributed by atoms with Gasteiger partial charge in [0.15, 0.2) is 11.5 Å². The van der Waals surface area contributed by atoms with Crippen molar-refractivity contribution >= 4 is 11.8 Å². The van der Waals surface area contributed by atoms with Crippen molar-refractivity contribution in [2.45, 2.75) is 18.4 Å². The van der Waals surface area contributed by atoms with E-state index in [2.05, 4.69) is 11.7 Å². The van der Waals surface area contributed by atoms with Crippen LogP contribution in [0.1, 0.15) is 12.5 Å². The summed E-state index contributed by atoms with van der Waals surface area (Å²) < 4.78 is 11.1. The van der Waals surface area contributed by atoms with Crippen LogP contribution in [0.4, 0.5) is 0 Å². The first-order valence-electron chi connectivity index (χ1n) is 5.66. The van der Waals surface area contributed by atoms with E-state index in [4.69, 9.17) is 14.3 Å². The van der Waals surface area contributed by atoms with Gasteiger partial charge in [-0.2, -0.15) is 5.48 Å². The Morgan fingerprint density at radius 1 is 1.29 bits per heavy atom. The molecule has 1 aromatic carbocycles. The second kappa shape index (κ2) is 6.14. The summed E-state index contributed by atoms with van der Waals surface area (Å²) in [5, 5.41) is 0. The first-order chi connectivity index (χ1) is 8.35. The first kappa shape index (κ1) is 12.5. The van der Waals surface area contributed by atoms with E-state index in [-0.39, 0.29) is 0 Å². The number of nitrogens with one attached hydrogen (secondary N) is 1. The molecule has 0 fully saturated rings. The molecule has 0 aliphatic carbocycles. The minimum Gasteiger partial charge on any atom is -0.486 e. The highest BCUT2D eigenvalue weighted by Crippen LogP contribution is 2.36. The quantitative estimate of drug-likeness (QED) is 0.496. The summed E-state index contributed by atoms with van der Waals surface area (Å²) in [6.07, 6.45) is 2.05. The monoisotopic (exact) mass is 255 g/mol. The molecule has 94 valence electrons. The molecule has 0 saturated heterocycles. The van der Waals surface area contributed by atoms with Gasteiger partial charge in [-0.3, -0.25) is 0 Å². The third-order valence-corrected chi connectivity index (χ3v) is 3.27. The molecule has 5 heteroatoms. The number of hydrogen-bond donors (Lipinski definition) is 1. The van der Waals surface area contributed by atoms with Gasteiger partial charge in [0.1, 0.15) is 13.2 Å². The highest BCUT2D eigenvalue weighted by atomic mass is 32.2. The minimum absolute atomic E-state index is 0.615. The lowest BCUT2D eigenvalue weighted by Gasteiger charge is -2.20. The van der Waals surface area contributed by atoms with Gasteiger partial charge in [0, 0.05) is 11.4 Å². The van der Waals surface area contributed by atoms with Crippen molar-refractivity contribution in [1.29, 1.82) is 0 Å². The average molecular weight is 255 g/mol. The molecule has 0 radical (unpaired) electrons. The predicted molar refractivity (Wildman–Crippen MR) is 67.7 cm³/mol. The second-order valence-corrected chi connectivity index (χ2v) is 4.41. The van der Waals surface area contributed by atoms with E-state index in [0.29, 0.717) is 26.4 Å². The summed E-state index contributed by atoms with van der Waals surface area (Å²) in [6.45, 7) is 4.51. The van der Waals surface area contributed by atoms with E-state index in [1.165, 1.54) is 4.90 Å². The number of hydroxylamine groups is 1. The van der Waals surface area contributed by atoms with Crippen LogP contribution < -0.4 is 15.0 Å². The molecule has 1 aliphatic heterocycles. The minimum atomic E-state index is 0.615. The molecule has 2 rings (SSSR count). The van der Waals surface area contributed by atoms with Crippen LogP contribution >= 0.6 is 11.8 Å². The van der Waals surface area contributed by atoms with Crippen LogP contribution in [0.15, 0.2) is 17.0 Å². The lowest BCUT2D eigenvalue weighted by atomic mass is 10.2. The molecule has 1 aliphatic rings. The van der Waals surface area contributed by atoms with E-state index in [9.17, 15) is 0 Å². The predicted octanol–water partition coefficient (Wildman–Crippen LogP) is 2.22. The zero-order valence-electron chi connectivity index (χ0n) is 10.1. The molecule has 0 aromatic heterocycles. The van der Waals surface area contributed by atoms with Gasteiger partial charge >= 0.3 is 0 Å².